The Kier molecular flexibility index (Phi) is 9.25. The molecule has 3 N–H and O–H groups in total. The zero-order chi connectivity index (χ0) is 21.0. The molecule has 1 fully saturated rings. The Labute approximate surface area is 183 Å². The predicted molar refractivity (Wildman–Crippen MR) is 90.5 cm³/mol. The standard InChI is InChI=1S/C16H21N3O8S.Zn/c1-7(20)27-5-8-6-28-14-11(13(22)19(14)12(8)16(25)26)18-10(21)4-2-3-9(17)15(23)24;/h9,11,14H,2-6,17H2,1H3,(H,18,21)(H,23,24)(H,25,26);/q;+2/p-2/t9?,11?,14-;/m0./s1. The Bertz CT molecular complexity index is 744. The van der Waals surface area contributed by atoms with E-state index in [2.05, 4.69) is 5.32 Å². The minimum atomic E-state index is -1.57. The van der Waals surface area contributed by atoms with E-state index in [0.29, 0.717) is 0 Å². The fourth-order valence-electron chi connectivity index (χ4n) is 2.82. The van der Waals surface area contributed by atoms with Crippen molar-refractivity contribution in [2.75, 3.05) is 12.4 Å². The van der Waals surface area contributed by atoms with Crippen LogP contribution >= 0.6 is 11.8 Å². The summed E-state index contributed by atoms with van der Waals surface area (Å²) in [7, 11) is 0. The predicted octanol–water partition coefficient (Wildman–Crippen LogP) is -3.80. The van der Waals surface area contributed by atoms with Gasteiger partial charge in [-0.15, -0.1) is 11.8 Å². The first-order chi connectivity index (χ1) is 13.1. The first-order valence-electron chi connectivity index (χ1n) is 8.40. The van der Waals surface area contributed by atoms with Crippen molar-refractivity contribution in [2.45, 2.75) is 43.6 Å². The van der Waals surface area contributed by atoms with Gasteiger partial charge >= 0.3 is 25.4 Å². The maximum atomic E-state index is 12.4. The van der Waals surface area contributed by atoms with E-state index in [1.54, 1.807) is 0 Å². The molecule has 0 aromatic heterocycles. The number of hydrogen-bond acceptors (Lipinski definition) is 10. The van der Waals surface area contributed by atoms with Crippen LogP contribution in [-0.2, 0) is 48.2 Å². The summed E-state index contributed by atoms with van der Waals surface area (Å²) in [6.45, 7) is 0.913. The number of nitrogens with one attached hydrogen (secondary N) is 1. The largest absolute Gasteiger partial charge is 2.00 e. The molecule has 2 heterocycles. The average Bonchev–Trinajstić information content (AvgIpc) is 2.62. The van der Waals surface area contributed by atoms with Crippen molar-refractivity contribution in [3.63, 3.8) is 0 Å². The van der Waals surface area contributed by atoms with E-state index in [0.717, 1.165) is 4.90 Å². The summed E-state index contributed by atoms with van der Waals surface area (Å²) >= 11 is 1.22. The molecule has 2 rings (SSSR count). The van der Waals surface area contributed by atoms with E-state index in [-0.39, 0.29) is 62.4 Å². The van der Waals surface area contributed by atoms with Gasteiger partial charge in [0.2, 0.25) is 5.91 Å². The molecule has 2 aliphatic heterocycles. The normalized spacial score (nSPS) is 21.3. The number of rotatable bonds is 9. The van der Waals surface area contributed by atoms with E-state index < -0.39 is 47.2 Å². The van der Waals surface area contributed by atoms with Crippen LogP contribution in [-0.4, -0.2) is 64.4 Å². The van der Waals surface area contributed by atoms with E-state index in [1.165, 1.54) is 18.7 Å². The van der Waals surface area contributed by atoms with Crippen LogP contribution in [0.5, 0.6) is 0 Å². The van der Waals surface area contributed by atoms with Gasteiger partial charge in [0.05, 0.1) is 17.6 Å². The van der Waals surface area contributed by atoms with Crippen molar-refractivity contribution in [1.29, 1.82) is 0 Å². The van der Waals surface area contributed by atoms with Gasteiger partial charge in [-0.2, -0.15) is 0 Å². The number of amides is 2. The summed E-state index contributed by atoms with van der Waals surface area (Å²) in [5.74, 6) is -4.46. The molecule has 11 nitrogen and oxygen atoms in total. The zero-order valence-electron chi connectivity index (χ0n) is 15.7. The van der Waals surface area contributed by atoms with E-state index >= 15 is 0 Å². The summed E-state index contributed by atoms with van der Waals surface area (Å²) in [5.41, 5.74) is 5.19. The average molecular weight is 479 g/mol. The topological polar surface area (TPSA) is 182 Å². The number of fused-ring (bicyclic) bond motifs is 1. The molecule has 29 heavy (non-hydrogen) atoms. The summed E-state index contributed by atoms with van der Waals surface area (Å²) < 4.78 is 4.81. The van der Waals surface area contributed by atoms with Gasteiger partial charge in [0, 0.05) is 30.7 Å². The number of carbonyl (C=O) groups excluding carboxylic acids is 5. The summed E-state index contributed by atoms with van der Waals surface area (Å²) in [4.78, 5) is 58.3. The van der Waals surface area contributed by atoms with Crippen LogP contribution in [0.1, 0.15) is 26.2 Å². The number of carboxylic acid groups (broad SMARTS) is 2. The molecule has 154 valence electrons. The number of carbonyl (C=O) groups is 5. The van der Waals surface area contributed by atoms with Crippen LogP contribution in [0.2, 0.25) is 0 Å². The van der Waals surface area contributed by atoms with Gasteiger partial charge in [-0.3, -0.25) is 19.3 Å². The molecule has 0 aromatic rings. The van der Waals surface area contributed by atoms with E-state index in [4.69, 9.17) is 10.5 Å². The molecule has 13 heteroatoms. The third-order valence-electron chi connectivity index (χ3n) is 4.23. The minimum Gasteiger partial charge on any atom is -0.548 e. The molecule has 0 spiro atoms. The minimum absolute atomic E-state index is 0. The van der Waals surface area contributed by atoms with Gasteiger partial charge in [0.25, 0.3) is 5.91 Å². The number of aliphatic carboxylic acids is 2. The molecule has 0 saturated carbocycles. The monoisotopic (exact) mass is 477 g/mol. The molecule has 0 bridgehead atoms. The molecular weight excluding hydrogens is 460 g/mol. The molecule has 0 radical (unpaired) electrons. The Morgan fingerprint density at radius 1 is 1.34 bits per heavy atom. The number of carboxylic acids is 2. The Balaban J connectivity index is 0.00000420. The Morgan fingerprint density at radius 3 is 2.55 bits per heavy atom. The fourth-order valence-corrected chi connectivity index (χ4v) is 4.14. The van der Waals surface area contributed by atoms with E-state index in [9.17, 15) is 34.2 Å². The molecule has 1 saturated heterocycles. The summed E-state index contributed by atoms with van der Waals surface area (Å²) in [6.07, 6.45) is 0.207. The second kappa shape index (κ2) is 10.7. The smallest absolute Gasteiger partial charge is 0.548 e. The van der Waals surface area contributed by atoms with Gasteiger partial charge < -0.3 is 35.6 Å². The Morgan fingerprint density at radius 2 is 2.00 bits per heavy atom. The third kappa shape index (κ3) is 6.00. The van der Waals surface area contributed by atoms with Crippen LogP contribution in [0.4, 0.5) is 0 Å². The molecule has 0 aliphatic carbocycles. The van der Waals surface area contributed by atoms with Gasteiger partial charge in [0.1, 0.15) is 18.0 Å². The quantitative estimate of drug-likeness (QED) is 0.189. The number of thioether (sulfide) groups is 1. The maximum absolute atomic E-state index is 12.4. The van der Waals surface area contributed by atoms with Crippen molar-refractivity contribution in [3.05, 3.63) is 11.3 Å². The van der Waals surface area contributed by atoms with Crippen LogP contribution in [0, 0.1) is 0 Å². The Hall–Kier alpha value is -1.98. The van der Waals surface area contributed by atoms with Gasteiger partial charge in [-0.25, -0.2) is 0 Å². The summed E-state index contributed by atoms with van der Waals surface area (Å²) in [6, 6.07) is -2.08. The SMILES string of the molecule is CC(=O)OCC1=C(C(=O)[O-])N2C(=O)C(NC(=O)CCCC(N)C(=O)[O-])[C@@H]2SC1.[Zn+2]. The molecule has 3 atom stereocenters. The van der Waals surface area contributed by atoms with Gasteiger partial charge in [-0.1, -0.05) is 0 Å². The second-order valence-electron chi connectivity index (χ2n) is 6.29. The molecule has 0 aromatic carbocycles. The van der Waals surface area contributed by atoms with Gasteiger partial charge in [0.15, 0.2) is 0 Å². The summed E-state index contributed by atoms with van der Waals surface area (Å²) in [5, 5.41) is 23.9. The van der Waals surface area contributed by atoms with Crippen molar-refractivity contribution >= 4 is 41.5 Å². The van der Waals surface area contributed by atoms with Gasteiger partial charge in [-0.05, 0) is 12.8 Å². The number of nitrogens with two attached hydrogens (primary N) is 1. The number of β-lactam (4-membered cyclic amide) rings is 1. The van der Waals surface area contributed by atoms with Crippen LogP contribution in [0.3, 0.4) is 0 Å². The second-order valence-corrected chi connectivity index (χ2v) is 7.40. The van der Waals surface area contributed by atoms with Crippen LogP contribution in [0.25, 0.3) is 0 Å². The zero-order valence-corrected chi connectivity index (χ0v) is 19.5. The number of ether oxygens (including phenoxy) is 1. The van der Waals surface area contributed by atoms with Crippen molar-refractivity contribution in [3.8, 4) is 0 Å². The number of hydrogen-bond donors (Lipinski definition) is 2. The first kappa shape index (κ1) is 25.1. The van der Waals surface area contributed by atoms with Crippen molar-refractivity contribution < 1.29 is 58.4 Å². The molecule has 2 aliphatic rings. The van der Waals surface area contributed by atoms with Crippen molar-refractivity contribution in [2.24, 2.45) is 5.73 Å². The first-order valence-corrected chi connectivity index (χ1v) is 9.45. The maximum Gasteiger partial charge on any atom is 2.00 e. The molecular formula is C16H19N3O8SZn. The molecule has 2 unspecified atom stereocenters. The van der Waals surface area contributed by atoms with Crippen molar-refractivity contribution in [1.82, 2.24) is 10.2 Å². The van der Waals surface area contributed by atoms with E-state index in [1.807, 2.05) is 0 Å². The van der Waals surface area contributed by atoms with Crippen LogP contribution in [0.15, 0.2) is 11.3 Å². The third-order valence-corrected chi connectivity index (χ3v) is 5.57. The van der Waals surface area contributed by atoms with Crippen LogP contribution < -0.4 is 21.3 Å². The molecule has 2 amide bonds. The number of esters is 1. The fraction of sp³-hybridized carbons (Fsp3) is 0.562. The number of nitrogens with zero attached hydrogens (tertiary/aromatic N) is 1.